The molecule has 30 aromatic rings. The molecule has 0 aliphatic carbocycles. The highest BCUT2D eigenvalue weighted by Gasteiger charge is 2.28. The minimum Gasteiger partial charge on any atom is -0.455 e. The highest BCUT2D eigenvalue weighted by molar-refractivity contribution is 7.27. The van der Waals surface area contributed by atoms with E-state index in [2.05, 4.69) is 343 Å². The van der Waals surface area contributed by atoms with Gasteiger partial charge in [-0.25, -0.2) is 29.9 Å². The van der Waals surface area contributed by atoms with E-state index >= 15 is 0 Å². The fourth-order valence-electron chi connectivity index (χ4n) is 21.1. The second kappa shape index (κ2) is 37.7. The zero-order chi connectivity index (χ0) is 99.1. The molecule has 12 nitrogen and oxygen atoms in total. The van der Waals surface area contributed by atoms with Crippen LogP contribution in [0.25, 0.3) is 295 Å². The first-order chi connectivity index (χ1) is 74.3. The molecule has 0 spiro atoms. The summed E-state index contributed by atoms with van der Waals surface area (Å²) in [5.41, 5.74) is 31.4. The lowest BCUT2D eigenvalue weighted by Crippen LogP contribution is -1.97. The normalized spacial score (nSPS) is 11.6. The number of hydrogen-bond acceptors (Lipinski definition) is 15. The van der Waals surface area contributed by atoms with E-state index in [9.17, 15) is 0 Å². The van der Waals surface area contributed by atoms with Crippen molar-refractivity contribution in [1.82, 2.24) is 44.9 Å². The van der Waals surface area contributed by atoms with Crippen LogP contribution in [0.3, 0.4) is 0 Å². The minimum atomic E-state index is 0.611. The zero-order valence-electron chi connectivity index (χ0n) is 80.2. The van der Waals surface area contributed by atoms with Crippen molar-refractivity contribution in [3.05, 3.63) is 492 Å². The van der Waals surface area contributed by atoms with Gasteiger partial charge in [0.25, 0.3) is 0 Å². The van der Waals surface area contributed by atoms with E-state index in [1.807, 2.05) is 198 Å². The maximum absolute atomic E-state index is 6.77. The minimum absolute atomic E-state index is 0.611. The number of benzene rings is 18. The number of aromatic nitrogens is 9. The van der Waals surface area contributed by atoms with Crippen LogP contribution in [-0.4, -0.2) is 44.9 Å². The summed E-state index contributed by atoms with van der Waals surface area (Å²) in [6.45, 7) is 0. The van der Waals surface area contributed by atoms with Gasteiger partial charge in [0.05, 0.1) is 56.8 Å². The van der Waals surface area contributed by atoms with Crippen LogP contribution in [0.4, 0.5) is 0 Å². The van der Waals surface area contributed by atoms with Crippen molar-refractivity contribution in [2.45, 2.75) is 0 Å². The number of nitrogens with zero attached hydrogens (tertiary/aromatic N) is 9. The Labute approximate surface area is 872 Å². The molecule has 18 aromatic carbocycles. The van der Waals surface area contributed by atoms with Crippen molar-refractivity contribution >= 4 is 160 Å². The summed E-state index contributed by atoms with van der Waals surface area (Å²) in [7, 11) is 0. The summed E-state index contributed by atoms with van der Waals surface area (Å²) in [6, 6.07) is 164. The predicted octanol–water partition coefficient (Wildman–Crippen LogP) is 37.4. The molecule has 12 aromatic heterocycles. The van der Waals surface area contributed by atoms with Crippen LogP contribution in [0.15, 0.2) is 505 Å². The Morgan fingerprint density at radius 3 is 0.800 bits per heavy atom. The average Bonchev–Trinajstić information content (AvgIpc) is 1.57. The molecule has 0 radical (unpaired) electrons. The molecular formula is C135H81N9O3S3. The quantitative estimate of drug-likeness (QED) is 0.0959. The van der Waals surface area contributed by atoms with Crippen LogP contribution in [0.5, 0.6) is 0 Å². The lowest BCUT2D eigenvalue weighted by molar-refractivity contribution is 0.669. The SMILES string of the molecule is c1ccc(-c2cc(-c3ccc(-c4cccc5c4sc4ccccc45)c4c3oc3ccccc34)nc(-c3ccc(-c4ccccn4)cc3)n2)cc1.c1ccc(-c2cc(-c3cccc(-c4ccccn4)c3)nc(-c3ccc(-c4cccc5c4sc4ccccc45)c4c3oc3ccccc34)n2)cc1.c1ccc(-c2nc(-c3cccc(-c4ccccn4)c3)cc(-c3ccc(-c4cccc5c4sc4ccccc45)c4c3oc3ccccc34)n2)cc1. The van der Waals surface area contributed by atoms with Crippen molar-refractivity contribution < 1.29 is 13.3 Å². The van der Waals surface area contributed by atoms with Crippen molar-refractivity contribution in [2.75, 3.05) is 0 Å². The lowest BCUT2D eigenvalue weighted by Gasteiger charge is -2.12. The van der Waals surface area contributed by atoms with Crippen LogP contribution in [0.1, 0.15) is 0 Å². The Morgan fingerprint density at radius 2 is 0.413 bits per heavy atom. The number of hydrogen-bond donors (Lipinski definition) is 0. The van der Waals surface area contributed by atoms with Gasteiger partial charge in [0, 0.05) is 189 Å². The lowest BCUT2D eigenvalue weighted by atomic mass is 9.94. The van der Waals surface area contributed by atoms with Crippen LogP contribution >= 0.6 is 34.0 Å². The van der Waals surface area contributed by atoms with Gasteiger partial charge >= 0.3 is 0 Å². The molecule has 30 rings (SSSR count). The van der Waals surface area contributed by atoms with E-state index in [0.29, 0.717) is 17.5 Å². The fourth-order valence-corrected chi connectivity index (χ4v) is 24.8. The second-order valence-electron chi connectivity index (χ2n) is 37.1. The van der Waals surface area contributed by atoms with Gasteiger partial charge in [-0.1, -0.05) is 352 Å². The Hall–Kier alpha value is -19.3. The van der Waals surface area contributed by atoms with Crippen molar-refractivity contribution in [1.29, 1.82) is 0 Å². The van der Waals surface area contributed by atoms with Crippen molar-refractivity contribution in [2.24, 2.45) is 0 Å². The second-order valence-corrected chi connectivity index (χ2v) is 40.3. The molecule has 0 fully saturated rings. The van der Waals surface area contributed by atoms with E-state index in [0.717, 1.165) is 201 Å². The largest absolute Gasteiger partial charge is 0.455 e. The third-order valence-electron chi connectivity index (χ3n) is 28.1. The molecule has 0 unspecified atom stereocenters. The molecule has 0 saturated heterocycles. The summed E-state index contributed by atoms with van der Waals surface area (Å²) < 4.78 is 28.0. The van der Waals surface area contributed by atoms with Crippen LogP contribution in [0.2, 0.25) is 0 Å². The summed E-state index contributed by atoms with van der Waals surface area (Å²) in [4.78, 5) is 44.8. The summed E-state index contributed by atoms with van der Waals surface area (Å²) in [5.74, 6) is 1.92. The third-order valence-corrected chi connectivity index (χ3v) is 31.8. The first-order valence-electron chi connectivity index (χ1n) is 49.8. The Kier molecular flexibility index (Phi) is 22.2. The molecule has 15 heteroatoms. The Morgan fingerprint density at radius 1 is 0.153 bits per heavy atom. The monoisotopic (exact) mass is 1970 g/mol. The van der Waals surface area contributed by atoms with E-state index in [1.54, 1.807) is 0 Å². The first-order valence-corrected chi connectivity index (χ1v) is 52.3. The molecule has 0 atom stereocenters. The molecule has 0 bridgehead atoms. The maximum atomic E-state index is 6.77. The van der Waals surface area contributed by atoms with Gasteiger partial charge in [-0.05, 0) is 138 Å². The van der Waals surface area contributed by atoms with Crippen molar-refractivity contribution in [3.8, 4) is 169 Å². The van der Waals surface area contributed by atoms with Gasteiger partial charge in [-0.2, -0.15) is 0 Å². The van der Waals surface area contributed by atoms with E-state index in [4.69, 9.17) is 43.2 Å². The zero-order valence-corrected chi connectivity index (χ0v) is 82.7. The average molecular weight is 1970 g/mol. The van der Waals surface area contributed by atoms with E-state index < -0.39 is 0 Å². The number of para-hydroxylation sites is 3. The van der Waals surface area contributed by atoms with Gasteiger partial charge in [0.1, 0.15) is 33.5 Å². The smallest absolute Gasteiger partial charge is 0.164 e. The first kappa shape index (κ1) is 88.4. The van der Waals surface area contributed by atoms with E-state index in [-0.39, 0.29) is 0 Å². The number of thiophene rings is 3. The third kappa shape index (κ3) is 16.0. The van der Waals surface area contributed by atoms with Crippen molar-refractivity contribution in [3.63, 3.8) is 0 Å². The molecule has 0 saturated carbocycles. The van der Waals surface area contributed by atoms with E-state index in [1.165, 1.54) is 77.2 Å². The standard InChI is InChI=1S/3C45H27N3OS/c1-2-12-28(13-3-1)45-47-38(30-15-10-14-29(26-30)37-20-8-9-25-46-37)27-39(48-45)35-24-23-32(42-36-17-4-6-21-40(36)49-43(35)42)34-19-11-18-33-31-16-5-7-22-41(31)50-44(33)34;1-2-12-28(13-3-1)38-27-39(30-15-10-14-29(26-30)37-20-8-9-25-46-37)48-45(47-38)36-24-23-32(42-35-17-4-6-21-40(35)49-43(36)42)34-19-11-18-33-31-16-5-7-22-41(31)50-44(33)34;1-2-11-28(12-3-1)38-27-39(48-45(47-38)30-22-20-29(21-23-30)37-17-8-9-26-46-37)35-25-24-32(42-36-14-4-6-18-40(36)49-43(35)42)34-16-10-15-33-31-13-5-7-19-41(31)50-44(33)34/h3*1-27H. The summed E-state index contributed by atoms with van der Waals surface area (Å²) in [5, 5.41) is 14.1. The Bertz CT molecular complexity index is 10100. The number of furan rings is 3. The Balaban J connectivity index is 0.000000108. The number of fused-ring (bicyclic) bond motifs is 18. The molecule has 0 amide bonds. The molecular weight excluding hydrogens is 1890 g/mol. The summed E-state index contributed by atoms with van der Waals surface area (Å²) >= 11 is 5.53. The van der Waals surface area contributed by atoms with Gasteiger partial charge < -0.3 is 13.3 Å². The summed E-state index contributed by atoms with van der Waals surface area (Å²) in [6.07, 6.45) is 5.46. The molecule has 702 valence electrons. The highest BCUT2D eigenvalue weighted by atomic mass is 32.1. The number of pyridine rings is 3. The van der Waals surface area contributed by atoms with Gasteiger partial charge in [-0.15, -0.1) is 34.0 Å². The van der Waals surface area contributed by atoms with Gasteiger partial charge in [-0.3, -0.25) is 15.0 Å². The fraction of sp³-hybridized carbons (Fsp3) is 0. The van der Waals surface area contributed by atoms with Gasteiger partial charge in [0.2, 0.25) is 0 Å². The van der Waals surface area contributed by atoms with Crippen LogP contribution in [0, 0.1) is 0 Å². The molecule has 0 N–H and O–H groups in total. The van der Waals surface area contributed by atoms with Crippen LogP contribution < -0.4 is 0 Å². The molecule has 12 heterocycles. The van der Waals surface area contributed by atoms with Gasteiger partial charge in [0.15, 0.2) is 17.5 Å². The molecule has 0 aliphatic heterocycles. The maximum Gasteiger partial charge on any atom is 0.164 e. The predicted molar refractivity (Wildman–Crippen MR) is 622 cm³/mol. The van der Waals surface area contributed by atoms with Crippen LogP contribution in [-0.2, 0) is 0 Å². The number of rotatable bonds is 15. The topological polar surface area (TPSA) is 155 Å². The molecule has 150 heavy (non-hydrogen) atoms. The highest BCUT2D eigenvalue weighted by Crippen LogP contribution is 2.52. The molecule has 0 aliphatic rings.